The Morgan fingerprint density at radius 2 is 1.89 bits per heavy atom. The molecule has 2 aliphatic rings. The van der Waals surface area contributed by atoms with Gasteiger partial charge in [0.05, 0.1) is 41.3 Å². The van der Waals surface area contributed by atoms with E-state index >= 15 is 0 Å². The highest BCUT2D eigenvalue weighted by molar-refractivity contribution is 7.89. The minimum absolute atomic E-state index is 0.00776. The van der Waals surface area contributed by atoms with Crippen molar-refractivity contribution < 1.29 is 26.7 Å². The average Bonchev–Trinajstić information content (AvgIpc) is 3.47. The molecule has 182 valence electrons. The van der Waals surface area contributed by atoms with Crippen molar-refractivity contribution in [3.8, 4) is 11.4 Å². The number of aryl methyl sites for hydroxylation is 1. The molecule has 2 aliphatic heterocycles. The van der Waals surface area contributed by atoms with Crippen molar-refractivity contribution in [2.45, 2.75) is 32.0 Å². The molecule has 0 N–H and O–H groups in total. The van der Waals surface area contributed by atoms with Crippen LogP contribution in [-0.4, -0.2) is 74.3 Å². The zero-order valence-electron chi connectivity index (χ0n) is 18.8. The smallest absolute Gasteiger partial charge is 0.272 e. The van der Waals surface area contributed by atoms with E-state index in [0.29, 0.717) is 30.2 Å². The van der Waals surface area contributed by atoms with Crippen LogP contribution in [0.1, 0.15) is 29.0 Å². The quantitative estimate of drug-likeness (QED) is 0.422. The SMILES string of the molecule is Cc1nc(C(=O)N2CC3CCC(C2)O3)cc2c1c(-c1cnc3c(F)cc(F)cn13)nn2S(C)(=O)=O. The van der Waals surface area contributed by atoms with Gasteiger partial charge in [0.1, 0.15) is 17.2 Å². The monoisotopic (exact) mass is 502 g/mol. The first kappa shape index (κ1) is 22.0. The van der Waals surface area contributed by atoms with Gasteiger partial charge < -0.3 is 9.64 Å². The molecule has 2 fully saturated rings. The maximum atomic E-state index is 14.2. The molecule has 4 aromatic heterocycles. The number of halogens is 2. The fraction of sp³-hybridized carbons (Fsp3) is 0.364. The molecule has 35 heavy (non-hydrogen) atoms. The average molecular weight is 503 g/mol. The Morgan fingerprint density at radius 3 is 2.57 bits per heavy atom. The van der Waals surface area contributed by atoms with Crippen molar-refractivity contribution in [3.63, 3.8) is 0 Å². The van der Waals surface area contributed by atoms with Crippen molar-refractivity contribution in [1.82, 2.24) is 28.5 Å². The van der Waals surface area contributed by atoms with Crippen LogP contribution in [0.5, 0.6) is 0 Å². The number of imidazole rings is 1. The van der Waals surface area contributed by atoms with Crippen LogP contribution >= 0.6 is 0 Å². The number of pyridine rings is 2. The van der Waals surface area contributed by atoms with Crippen molar-refractivity contribution in [2.24, 2.45) is 0 Å². The number of likely N-dealkylation sites (tertiary alicyclic amines) is 1. The molecule has 4 aromatic rings. The molecule has 0 saturated carbocycles. The summed E-state index contributed by atoms with van der Waals surface area (Å²) in [6.07, 6.45) is 5.08. The minimum Gasteiger partial charge on any atom is -0.371 e. The van der Waals surface area contributed by atoms with Gasteiger partial charge in [-0.3, -0.25) is 9.20 Å². The lowest BCUT2D eigenvalue weighted by atomic mass is 10.1. The van der Waals surface area contributed by atoms with Gasteiger partial charge in [0.15, 0.2) is 11.5 Å². The number of carbonyl (C=O) groups is 1. The van der Waals surface area contributed by atoms with Crippen LogP contribution in [0.4, 0.5) is 8.78 Å². The summed E-state index contributed by atoms with van der Waals surface area (Å²) < 4.78 is 61.2. The molecule has 6 rings (SSSR count). The summed E-state index contributed by atoms with van der Waals surface area (Å²) >= 11 is 0. The number of aromatic nitrogens is 5. The molecule has 2 unspecified atom stereocenters. The van der Waals surface area contributed by atoms with Crippen LogP contribution in [-0.2, 0) is 14.8 Å². The van der Waals surface area contributed by atoms with Crippen LogP contribution in [0.3, 0.4) is 0 Å². The lowest BCUT2D eigenvalue weighted by molar-refractivity contribution is -0.0305. The molecule has 2 saturated heterocycles. The second-order valence-electron chi connectivity index (χ2n) is 8.95. The predicted octanol–water partition coefficient (Wildman–Crippen LogP) is 2.14. The van der Waals surface area contributed by atoms with Crippen LogP contribution in [0.25, 0.3) is 27.9 Å². The zero-order chi connectivity index (χ0) is 24.6. The third-order valence-corrected chi connectivity index (χ3v) is 7.35. The summed E-state index contributed by atoms with van der Waals surface area (Å²) in [5.74, 6) is -2.02. The molecule has 0 spiro atoms. The second-order valence-corrected chi connectivity index (χ2v) is 10.8. The van der Waals surface area contributed by atoms with Gasteiger partial charge in [0.25, 0.3) is 15.9 Å². The lowest BCUT2D eigenvalue weighted by Gasteiger charge is -2.31. The third-order valence-electron chi connectivity index (χ3n) is 6.45. The van der Waals surface area contributed by atoms with E-state index in [-0.39, 0.29) is 46.4 Å². The number of fused-ring (bicyclic) bond motifs is 4. The molecule has 10 nitrogen and oxygen atoms in total. The second kappa shape index (κ2) is 7.52. The zero-order valence-corrected chi connectivity index (χ0v) is 19.6. The van der Waals surface area contributed by atoms with Crippen LogP contribution in [0, 0.1) is 18.6 Å². The number of nitrogens with zero attached hydrogens (tertiary/aromatic N) is 6. The fourth-order valence-corrected chi connectivity index (χ4v) is 5.70. The van der Waals surface area contributed by atoms with Gasteiger partial charge >= 0.3 is 0 Å². The van der Waals surface area contributed by atoms with Crippen LogP contribution in [0.15, 0.2) is 24.5 Å². The van der Waals surface area contributed by atoms with E-state index in [0.717, 1.165) is 29.4 Å². The molecule has 2 atom stereocenters. The van der Waals surface area contributed by atoms with Crippen LogP contribution in [0.2, 0.25) is 0 Å². The Bertz CT molecular complexity index is 1630. The first-order valence-electron chi connectivity index (χ1n) is 11.0. The molecule has 0 radical (unpaired) electrons. The summed E-state index contributed by atoms with van der Waals surface area (Å²) in [7, 11) is -3.91. The number of hydrogen-bond donors (Lipinski definition) is 0. The van der Waals surface area contributed by atoms with Gasteiger partial charge in [-0.15, -0.1) is 0 Å². The minimum atomic E-state index is -3.91. The Labute approximate surface area is 198 Å². The highest BCUT2D eigenvalue weighted by Gasteiger charge is 2.37. The Balaban J connectivity index is 1.54. The summed E-state index contributed by atoms with van der Waals surface area (Å²) in [5.41, 5.74) is 0.738. The van der Waals surface area contributed by atoms with Gasteiger partial charge in [-0.25, -0.2) is 27.2 Å². The molecule has 1 amide bonds. The van der Waals surface area contributed by atoms with Gasteiger partial charge in [-0.05, 0) is 25.8 Å². The van der Waals surface area contributed by atoms with Crippen molar-refractivity contribution in [1.29, 1.82) is 0 Å². The number of rotatable bonds is 3. The number of hydrogen-bond acceptors (Lipinski definition) is 7. The highest BCUT2D eigenvalue weighted by atomic mass is 32.2. The molecular formula is C22H20F2N6O4S. The lowest BCUT2D eigenvalue weighted by Crippen LogP contribution is -2.46. The van der Waals surface area contributed by atoms with E-state index in [2.05, 4.69) is 15.1 Å². The number of morpholine rings is 1. The van der Waals surface area contributed by atoms with E-state index < -0.39 is 21.7 Å². The Morgan fingerprint density at radius 1 is 1.17 bits per heavy atom. The standard InChI is InChI=1S/C22H20F2N6O4S/c1-11-19-17(6-16(26-11)22(31)28-9-13-3-4-14(10-28)34-13)30(35(2,32)33)27-20(19)18-7-25-21-15(24)5-12(23)8-29(18)21/h5-8,13-14H,3-4,9-10H2,1-2H3. The van der Waals surface area contributed by atoms with Crippen molar-refractivity contribution >= 4 is 32.5 Å². The van der Waals surface area contributed by atoms with Gasteiger partial charge in [0.2, 0.25) is 0 Å². The van der Waals surface area contributed by atoms with Gasteiger partial charge in [-0.1, -0.05) is 0 Å². The molecule has 2 bridgehead atoms. The van der Waals surface area contributed by atoms with Gasteiger partial charge in [0, 0.05) is 31.0 Å². The van der Waals surface area contributed by atoms with E-state index in [9.17, 15) is 22.0 Å². The summed E-state index contributed by atoms with van der Waals surface area (Å²) in [6, 6.07) is 2.10. The number of ether oxygens (including phenoxy) is 1. The van der Waals surface area contributed by atoms with Crippen molar-refractivity contribution in [3.05, 3.63) is 47.5 Å². The number of amides is 1. The van der Waals surface area contributed by atoms with E-state index in [1.54, 1.807) is 11.8 Å². The molecule has 0 aliphatic carbocycles. The topological polar surface area (TPSA) is 112 Å². The van der Waals surface area contributed by atoms with E-state index in [1.165, 1.54) is 16.7 Å². The largest absolute Gasteiger partial charge is 0.371 e. The third kappa shape index (κ3) is 3.48. The Hall–Kier alpha value is -3.45. The highest BCUT2D eigenvalue weighted by Crippen LogP contribution is 2.33. The molecular weight excluding hydrogens is 482 g/mol. The fourth-order valence-electron chi connectivity index (χ4n) is 4.97. The summed E-state index contributed by atoms with van der Waals surface area (Å²) in [5, 5.41) is 4.59. The first-order valence-corrected chi connectivity index (χ1v) is 12.8. The maximum Gasteiger partial charge on any atom is 0.272 e. The van der Waals surface area contributed by atoms with Gasteiger partial charge in [-0.2, -0.15) is 9.19 Å². The normalized spacial score (nSPS) is 20.3. The predicted molar refractivity (Wildman–Crippen MR) is 120 cm³/mol. The number of carbonyl (C=O) groups excluding carboxylic acids is 1. The first-order chi connectivity index (χ1) is 16.6. The Kier molecular flexibility index (Phi) is 4.74. The molecule has 13 heteroatoms. The van der Waals surface area contributed by atoms with E-state index in [1.807, 2.05) is 0 Å². The van der Waals surface area contributed by atoms with Crippen LogP contribution < -0.4 is 0 Å². The molecule has 0 aromatic carbocycles. The summed E-state index contributed by atoms with van der Waals surface area (Å²) in [4.78, 5) is 23.4. The molecule has 6 heterocycles. The summed E-state index contributed by atoms with van der Waals surface area (Å²) in [6.45, 7) is 2.53. The van der Waals surface area contributed by atoms with Crippen molar-refractivity contribution in [2.75, 3.05) is 19.3 Å². The van der Waals surface area contributed by atoms with E-state index in [4.69, 9.17) is 4.74 Å². The maximum absolute atomic E-state index is 14.2.